The first-order valence-corrected chi connectivity index (χ1v) is 6.46. The number of anilines is 1. The van der Waals surface area contributed by atoms with E-state index in [1.54, 1.807) is 10.8 Å². The lowest BCUT2D eigenvalue weighted by Gasteiger charge is -2.08. The van der Waals surface area contributed by atoms with E-state index in [0.717, 1.165) is 0 Å². The molecule has 0 saturated carbocycles. The second-order valence-corrected chi connectivity index (χ2v) is 5.15. The van der Waals surface area contributed by atoms with Crippen LogP contribution in [-0.4, -0.2) is 25.3 Å². The fourth-order valence-corrected chi connectivity index (χ4v) is 1.79. The Labute approximate surface area is 102 Å². The number of aliphatic carboxylic acids is 1. The van der Waals surface area contributed by atoms with Crippen LogP contribution in [0.5, 0.6) is 0 Å². The van der Waals surface area contributed by atoms with Gasteiger partial charge >= 0.3 is 11.7 Å². The summed E-state index contributed by atoms with van der Waals surface area (Å²) in [5.74, 6) is -4.51. The summed E-state index contributed by atoms with van der Waals surface area (Å²) in [5, 5.41) is 8.49. The van der Waals surface area contributed by atoms with E-state index in [0.29, 0.717) is 5.56 Å². The summed E-state index contributed by atoms with van der Waals surface area (Å²) in [6, 6.07) is 5.68. The molecule has 5 nitrogen and oxygen atoms in total. The Bertz CT molecular complexity index is 530. The molecular weight excluding hydrogens is 268 g/mol. The summed E-state index contributed by atoms with van der Waals surface area (Å²) in [5.41, 5.74) is 0.532. The van der Waals surface area contributed by atoms with E-state index in [1.807, 2.05) is 0 Å². The molecule has 0 amide bonds. The van der Waals surface area contributed by atoms with Gasteiger partial charge in [0.15, 0.2) is 0 Å². The lowest BCUT2D eigenvalue weighted by molar-refractivity contribution is -0.136. The minimum Gasteiger partial charge on any atom is -0.481 e. The van der Waals surface area contributed by atoms with E-state index in [9.17, 15) is 22.0 Å². The average Bonchev–Trinajstić information content (AvgIpc) is 2.26. The molecule has 0 saturated heterocycles. The largest absolute Gasteiger partial charge is 0.481 e. The van der Waals surface area contributed by atoms with Crippen molar-refractivity contribution < 1.29 is 27.1 Å². The molecule has 0 aliphatic heterocycles. The molecule has 1 aromatic carbocycles. The number of carboxylic acids is 1. The van der Waals surface area contributed by atoms with Gasteiger partial charge in [-0.1, -0.05) is 12.1 Å². The van der Waals surface area contributed by atoms with E-state index in [-0.39, 0.29) is 18.5 Å². The van der Waals surface area contributed by atoms with Gasteiger partial charge in [0.2, 0.25) is 0 Å². The van der Waals surface area contributed by atoms with Crippen LogP contribution in [0, 0.1) is 0 Å². The fraction of sp³-hybridized carbons (Fsp3) is 0.300. The molecule has 0 aliphatic rings. The van der Waals surface area contributed by atoms with Crippen LogP contribution in [0.25, 0.3) is 0 Å². The number of benzene rings is 1. The maximum absolute atomic E-state index is 12.1. The minimum atomic E-state index is -4.70. The Morgan fingerprint density at radius 2 is 2.06 bits per heavy atom. The van der Waals surface area contributed by atoms with Crippen molar-refractivity contribution in [3.63, 3.8) is 0 Å². The highest BCUT2D eigenvalue weighted by molar-refractivity contribution is 7.93. The van der Waals surface area contributed by atoms with Crippen LogP contribution < -0.4 is 4.72 Å². The van der Waals surface area contributed by atoms with Crippen LogP contribution in [0.2, 0.25) is 0 Å². The van der Waals surface area contributed by atoms with Crippen molar-refractivity contribution in [2.24, 2.45) is 0 Å². The molecule has 2 N–H and O–H groups in total. The van der Waals surface area contributed by atoms with Crippen molar-refractivity contribution in [1.29, 1.82) is 0 Å². The number of nitrogens with one attached hydrogen (secondary N) is 1. The Balaban J connectivity index is 2.80. The van der Waals surface area contributed by atoms with E-state index < -0.39 is 21.8 Å². The molecule has 8 heteroatoms. The van der Waals surface area contributed by atoms with Crippen molar-refractivity contribution in [3.8, 4) is 0 Å². The maximum atomic E-state index is 12.1. The quantitative estimate of drug-likeness (QED) is 0.829. The number of aryl methyl sites for hydroxylation is 1. The summed E-state index contributed by atoms with van der Waals surface area (Å²) in [7, 11) is -4.70. The van der Waals surface area contributed by atoms with Gasteiger partial charge in [-0.3, -0.25) is 9.52 Å². The first-order chi connectivity index (χ1) is 8.31. The number of halogens is 2. The Morgan fingerprint density at radius 3 is 2.61 bits per heavy atom. The van der Waals surface area contributed by atoms with Gasteiger partial charge in [-0.05, 0) is 24.1 Å². The molecule has 0 heterocycles. The van der Waals surface area contributed by atoms with Crippen LogP contribution in [-0.2, 0) is 21.2 Å². The van der Waals surface area contributed by atoms with Crippen molar-refractivity contribution in [2.75, 3.05) is 4.72 Å². The third-order valence-corrected chi connectivity index (χ3v) is 3.04. The Morgan fingerprint density at radius 1 is 1.39 bits per heavy atom. The van der Waals surface area contributed by atoms with Gasteiger partial charge in [0.05, 0.1) is 0 Å². The SMILES string of the molecule is O=C(O)CCc1cccc(NS(=O)(=O)C(F)F)c1. The molecule has 0 unspecified atom stereocenters. The smallest absolute Gasteiger partial charge is 0.355 e. The molecule has 0 spiro atoms. The first-order valence-electron chi connectivity index (χ1n) is 4.92. The second kappa shape index (κ2) is 5.76. The highest BCUT2D eigenvalue weighted by Gasteiger charge is 2.23. The highest BCUT2D eigenvalue weighted by atomic mass is 32.2. The molecule has 0 atom stereocenters. The highest BCUT2D eigenvalue weighted by Crippen LogP contribution is 2.16. The number of hydrogen-bond acceptors (Lipinski definition) is 3. The van der Waals surface area contributed by atoms with Crippen LogP contribution in [0.3, 0.4) is 0 Å². The normalized spacial score (nSPS) is 11.5. The molecule has 0 fully saturated rings. The first kappa shape index (κ1) is 14.4. The summed E-state index contributed by atoms with van der Waals surface area (Å²) in [6.07, 6.45) is 0.0740. The van der Waals surface area contributed by atoms with Gasteiger partial charge in [-0.15, -0.1) is 0 Å². The summed E-state index contributed by atoms with van der Waals surface area (Å²) in [4.78, 5) is 10.4. The van der Waals surface area contributed by atoms with Gasteiger partial charge in [0.25, 0.3) is 10.0 Å². The van der Waals surface area contributed by atoms with Gasteiger partial charge in [0, 0.05) is 12.1 Å². The van der Waals surface area contributed by atoms with Crippen LogP contribution in [0.15, 0.2) is 24.3 Å². The lowest BCUT2D eigenvalue weighted by atomic mass is 10.1. The predicted molar refractivity (Wildman–Crippen MR) is 60.9 cm³/mol. The third kappa shape index (κ3) is 4.28. The van der Waals surface area contributed by atoms with E-state index in [4.69, 9.17) is 5.11 Å². The lowest BCUT2D eigenvalue weighted by Crippen LogP contribution is -2.20. The monoisotopic (exact) mass is 279 g/mol. The number of carboxylic acid groups (broad SMARTS) is 1. The van der Waals surface area contributed by atoms with Gasteiger partial charge in [-0.2, -0.15) is 8.78 Å². The maximum Gasteiger partial charge on any atom is 0.355 e. The fourth-order valence-electron chi connectivity index (χ4n) is 1.25. The Hall–Kier alpha value is -1.70. The molecule has 100 valence electrons. The van der Waals surface area contributed by atoms with Crippen molar-refractivity contribution in [3.05, 3.63) is 29.8 Å². The molecule has 1 rings (SSSR count). The third-order valence-electron chi connectivity index (χ3n) is 2.05. The molecular formula is C10H11F2NO4S. The van der Waals surface area contributed by atoms with Gasteiger partial charge in [0.1, 0.15) is 0 Å². The molecule has 0 aliphatic carbocycles. The summed E-state index contributed by atoms with van der Waals surface area (Å²) < 4.78 is 47.8. The molecule has 18 heavy (non-hydrogen) atoms. The number of hydrogen-bond donors (Lipinski definition) is 2. The average molecular weight is 279 g/mol. The van der Waals surface area contributed by atoms with Gasteiger partial charge < -0.3 is 5.11 Å². The van der Waals surface area contributed by atoms with E-state index in [2.05, 4.69) is 0 Å². The van der Waals surface area contributed by atoms with Crippen molar-refractivity contribution in [1.82, 2.24) is 0 Å². The van der Waals surface area contributed by atoms with E-state index in [1.165, 1.54) is 18.2 Å². The van der Waals surface area contributed by atoms with Crippen LogP contribution in [0.4, 0.5) is 14.5 Å². The van der Waals surface area contributed by atoms with Crippen molar-refractivity contribution >= 4 is 21.7 Å². The zero-order valence-corrected chi connectivity index (χ0v) is 9.95. The zero-order chi connectivity index (χ0) is 13.8. The molecule has 0 bridgehead atoms. The van der Waals surface area contributed by atoms with Crippen molar-refractivity contribution in [2.45, 2.75) is 18.6 Å². The number of rotatable bonds is 6. The second-order valence-electron chi connectivity index (χ2n) is 3.50. The topological polar surface area (TPSA) is 83.5 Å². The standard InChI is InChI=1S/C10H11F2NO4S/c11-10(12)18(16,17)13-8-3-1-2-7(6-8)4-5-9(14)15/h1-3,6,10,13H,4-5H2,(H,14,15). The van der Waals surface area contributed by atoms with Crippen LogP contribution >= 0.6 is 0 Å². The van der Waals surface area contributed by atoms with Gasteiger partial charge in [-0.25, -0.2) is 8.42 Å². The summed E-state index contributed by atoms with van der Waals surface area (Å²) in [6.45, 7) is 0. The number of sulfonamides is 1. The number of carbonyl (C=O) groups is 1. The minimum absolute atomic E-state index is 0.0156. The van der Waals surface area contributed by atoms with Crippen LogP contribution in [0.1, 0.15) is 12.0 Å². The predicted octanol–water partition coefficient (Wildman–Crippen LogP) is 1.67. The number of alkyl halides is 2. The summed E-state index contributed by atoms with van der Waals surface area (Å²) >= 11 is 0. The molecule has 0 radical (unpaired) electrons. The molecule has 1 aromatic rings. The zero-order valence-electron chi connectivity index (χ0n) is 9.14. The molecule has 0 aromatic heterocycles. The Kier molecular flexibility index (Phi) is 4.60. The van der Waals surface area contributed by atoms with E-state index >= 15 is 0 Å².